The first-order valence-corrected chi connectivity index (χ1v) is 10.3. The second-order valence-electron chi connectivity index (χ2n) is 7.36. The van der Waals surface area contributed by atoms with E-state index in [4.69, 9.17) is 35.3 Å². The van der Waals surface area contributed by atoms with E-state index >= 15 is 0 Å². The number of carbonyl (C=O) groups excluding carboxylic acids is 2. The lowest BCUT2D eigenvalue weighted by Gasteiger charge is -2.28. The summed E-state index contributed by atoms with van der Waals surface area (Å²) >= 11 is 6.37. The number of fused-ring (bicyclic) bond motifs is 1. The van der Waals surface area contributed by atoms with E-state index in [9.17, 15) is 14.7 Å². The van der Waals surface area contributed by atoms with Gasteiger partial charge in [-0.1, -0.05) is 11.6 Å². The lowest BCUT2D eigenvalue weighted by atomic mass is 9.83. The molecular formula is C21H23ClO8. The summed E-state index contributed by atoms with van der Waals surface area (Å²) in [4.78, 5) is 24.9. The molecule has 162 valence electrons. The van der Waals surface area contributed by atoms with Crippen molar-refractivity contribution in [1.29, 1.82) is 0 Å². The third kappa shape index (κ3) is 3.64. The van der Waals surface area contributed by atoms with E-state index in [-0.39, 0.29) is 66.0 Å². The van der Waals surface area contributed by atoms with Crippen LogP contribution in [0, 0.1) is 0 Å². The van der Waals surface area contributed by atoms with Gasteiger partial charge in [-0.3, -0.25) is 9.59 Å². The number of benzene rings is 1. The van der Waals surface area contributed by atoms with Crippen LogP contribution >= 0.6 is 11.6 Å². The number of halogens is 1. The van der Waals surface area contributed by atoms with E-state index in [0.717, 1.165) is 25.3 Å². The monoisotopic (exact) mass is 438 g/mol. The molecule has 3 aliphatic rings. The molecular weight excluding hydrogens is 416 g/mol. The summed E-state index contributed by atoms with van der Waals surface area (Å²) in [7, 11) is 1.43. The normalized spacial score (nSPS) is 25.7. The van der Waals surface area contributed by atoms with Crippen LogP contribution in [0.4, 0.5) is 0 Å². The summed E-state index contributed by atoms with van der Waals surface area (Å²) in [6.07, 6.45) is 3.79. The van der Waals surface area contributed by atoms with E-state index in [1.807, 2.05) is 0 Å². The molecule has 4 rings (SSSR count). The largest absolute Gasteiger partial charge is 0.507 e. The number of methoxy groups -OCH3 is 1. The molecule has 0 radical (unpaired) electrons. The number of ketones is 2. The molecule has 2 heterocycles. The first-order chi connectivity index (χ1) is 14.5. The van der Waals surface area contributed by atoms with Gasteiger partial charge in [0.25, 0.3) is 0 Å². The fourth-order valence-corrected chi connectivity index (χ4v) is 4.12. The molecule has 1 N–H and O–H groups in total. The van der Waals surface area contributed by atoms with Crippen molar-refractivity contribution in [2.45, 2.75) is 44.0 Å². The van der Waals surface area contributed by atoms with Crippen LogP contribution < -0.4 is 14.2 Å². The summed E-state index contributed by atoms with van der Waals surface area (Å²) in [5, 5.41) is 10.5. The van der Waals surface area contributed by atoms with Gasteiger partial charge >= 0.3 is 0 Å². The zero-order valence-corrected chi connectivity index (χ0v) is 17.3. The van der Waals surface area contributed by atoms with Crippen LogP contribution in [0.5, 0.6) is 17.2 Å². The second-order valence-corrected chi connectivity index (χ2v) is 7.74. The van der Waals surface area contributed by atoms with Gasteiger partial charge in [0, 0.05) is 31.6 Å². The molecule has 2 unspecified atom stereocenters. The first kappa shape index (κ1) is 21.0. The average molecular weight is 439 g/mol. The molecule has 1 aromatic carbocycles. The maximum Gasteiger partial charge on any atom is 0.228 e. The highest BCUT2D eigenvalue weighted by molar-refractivity contribution is 6.35. The van der Waals surface area contributed by atoms with Crippen molar-refractivity contribution in [3.05, 3.63) is 28.5 Å². The summed E-state index contributed by atoms with van der Waals surface area (Å²) in [6.45, 7) is 1.11. The van der Waals surface area contributed by atoms with Crippen LogP contribution in [0.25, 0.3) is 0 Å². The summed E-state index contributed by atoms with van der Waals surface area (Å²) in [5.74, 6) is -0.656. The topological polar surface area (TPSA) is 101 Å². The average Bonchev–Trinajstić information content (AvgIpc) is 3.05. The van der Waals surface area contributed by atoms with E-state index < -0.39 is 17.1 Å². The number of rotatable bonds is 6. The Morgan fingerprint density at radius 2 is 2.10 bits per heavy atom. The van der Waals surface area contributed by atoms with Crippen molar-refractivity contribution in [3.63, 3.8) is 0 Å². The number of hydrogen-bond donors (Lipinski definition) is 1. The number of Topliss-reactive ketones (excluding diaryl/α,β-unsaturated/α-hetero) is 1. The Kier molecular flexibility index (Phi) is 5.90. The van der Waals surface area contributed by atoms with Crippen LogP contribution in [-0.4, -0.2) is 55.5 Å². The highest BCUT2D eigenvalue weighted by Gasteiger charge is 2.55. The quantitative estimate of drug-likeness (QED) is 0.674. The van der Waals surface area contributed by atoms with Crippen LogP contribution in [0.1, 0.15) is 42.5 Å². The first-order valence-electron chi connectivity index (χ1n) is 9.90. The van der Waals surface area contributed by atoms with E-state index in [1.54, 1.807) is 0 Å². The predicted octanol–water partition coefficient (Wildman–Crippen LogP) is 3.39. The van der Waals surface area contributed by atoms with Gasteiger partial charge in [-0.2, -0.15) is 0 Å². The lowest BCUT2D eigenvalue weighted by molar-refractivity contribution is -0.165. The van der Waals surface area contributed by atoms with Gasteiger partial charge in [0.05, 0.1) is 13.7 Å². The predicted molar refractivity (Wildman–Crippen MR) is 106 cm³/mol. The number of hydrogen-bond acceptors (Lipinski definition) is 8. The molecule has 9 heteroatoms. The van der Waals surface area contributed by atoms with Gasteiger partial charge in [-0.05, 0) is 19.3 Å². The molecule has 0 amide bonds. The summed E-state index contributed by atoms with van der Waals surface area (Å²) < 4.78 is 28.1. The smallest absolute Gasteiger partial charge is 0.228 e. The second kappa shape index (κ2) is 8.45. The number of aliphatic hydroxyl groups is 1. The molecule has 1 aliphatic carbocycles. The summed E-state index contributed by atoms with van der Waals surface area (Å²) in [6, 6.07) is 1.51. The van der Waals surface area contributed by atoms with Crippen molar-refractivity contribution in [3.8, 4) is 17.2 Å². The Balaban J connectivity index is 1.56. The highest BCUT2D eigenvalue weighted by Crippen LogP contribution is 2.52. The number of aliphatic hydroxyl groups excluding tert-OH is 1. The van der Waals surface area contributed by atoms with Gasteiger partial charge in [-0.25, -0.2) is 0 Å². The molecule has 2 aliphatic heterocycles. The molecule has 1 aromatic rings. The van der Waals surface area contributed by atoms with Crippen LogP contribution in [0.2, 0.25) is 5.02 Å². The molecule has 1 saturated heterocycles. The molecule has 0 aromatic heterocycles. The fraction of sp³-hybridized carbons (Fsp3) is 0.524. The molecule has 8 nitrogen and oxygen atoms in total. The van der Waals surface area contributed by atoms with E-state index in [0.29, 0.717) is 6.61 Å². The minimum Gasteiger partial charge on any atom is -0.507 e. The molecule has 0 bridgehead atoms. The van der Waals surface area contributed by atoms with Crippen LogP contribution in [-0.2, 0) is 14.3 Å². The third-order valence-electron chi connectivity index (χ3n) is 5.46. The van der Waals surface area contributed by atoms with Gasteiger partial charge in [0.15, 0.2) is 17.8 Å². The Labute approximate surface area is 178 Å². The minimum atomic E-state index is -1.67. The Bertz CT molecular complexity index is 889. The highest BCUT2D eigenvalue weighted by atomic mass is 35.5. The van der Waals surface area contributed by atoms with Crippen molar-refractivity contribution < 1.29 is 38.4 Å². The Morgan fingerprint density at radius 1 is 1.27 bits per heavy atom. The molecule has 2 atom stereocenters. The van der Waals surface area contributed by atoms with Crippen LogP contribution in [0.3, 0.4) is 0 Å². The SMILES string of the molecule is COc1cc(OCCOC2CCCCO2)c2c(c1Cl)OC1(CCC(=O)C=C1O)C2=O. The maximum absolute atomic E-state index is 13.3. The number of carbonyl (C=O) groups is 2. The molecule has 1 fully saturated rings. The van der Waals surface area contributed by atoms with Crippen molar-refractivity contribution in [1.82, 2.24) is 0 Å². The zero-order chi connectivity index (χ0) is 21.3. The van der Waals surface area contributed by atoms with E-state index in [2.05, 4.69) is 0 Å². The molecule has 1 spiro atoms. The minimum absolute atomic E-state index is 0.0158. The number of ether oxygens (including phenoxy) is 5. The maximum atomic E-state index is 13.3. The van der Waals surface area contributed by atoms with Crippen molar-refractivity contribution in [2.75, 3.05) is 26.9 Å². The standard InChI is InChI=1S/C21H23ClO8/c1-26-14-11-13(27-8-9-29-16-4-2-3-7-28-16)17-19(18(14)22)30-21(20(17)25)6-5-12(23)10-15(21)24/h10-11,16,24H,2-9H2,1H3. The van der Waals surface area contributed by atoms with Crippen molar-refractivity contribution >= 4 is 23.2 Å². The van der Waals surface area contributed by atoms with Gasteiger partial charge in [0.2, 0.25) is 11.4 Å². The Morgan fingerprint density at radius 3 is 2.80 bits per heavy atom. The third-order valence-corrected chi connectivity index (χ3v) is 5.82. The zero-order valence-electron chi connectivity index (χ0n) is 16.6. The van der Waals surface area contributed by atoms with Crippen LogP contribution in [0.15, 0.2) is 17.9 Å². The number of allylic oxidation sites excluding steroid dienone is 1. The van der Waals surface area contributed by atoms with Gasteiger partial charge in [0.1, 0.15) is 34.5 Å². The fourth-order valence-electron chi connectivity index (χ4n) is 3.86. The lowest BCUT2D eigenvalue weighted by Crippen LogP contribution is -2.45. The van der Waals surface area contributed by atoms with Gasteiger partial charge in [-0.15, -0.1) is 0 Å². The molecule has 0 saturated carbocycles. The summed E-state index contributed by atoms with van der Waals surface area (Å²) in [5.41, 5.74) is -1.56. The molecule has 30 heavy (non-hydrogen) atoms. The van der Waals surface area contributed by atoms with Gasteiger partial charge < -0.3 is 28.8 Å². The Hall–Kier alpha value is -2.29. The van der Waals surface area contributed by atoms with E-state index in [1.165, 1.54) is 13.2 Å². The van der Waals surface area contributed by atoms with Crippen molar-refractivity contribution in [2.24, 2.45) is 0 Å².